The van der Waals surface area contributed by atoms with Crippen molar-refractivity contribution in [2.24, 2.45) is 0 Å². The Kier molecular flexibility index (Phi) is 3.55. The van der Waals surface area contributed by atoms with Crippen molar-refractivity contribution >= 4 is 0 Å². The van der Waals surface area contributed by atoms with Crippen LogP contribution < -0.4 is 0 Å². The number of aryl methyl sites for hydroxylation is 1. The fourth-order valence-electron chi connectivity index (χ4n) is 1.23. The Morgan fingerprint density at radius 3 is 2.50 bits per heavy atom. The largest absolute Gasteiger partial charge is 0.416 e. The molecule has 0 saturated carbocycles. The van der Waals surface area contributed by atoms with Crippen LogP contribution in [0.3, 0.4) is 0 Å². The molecule has 0 aromatic heterocycles. The molecular weight excluding hydrogens is 189 g/mol. The van der Waals surface area contributed by atoms with Crippen molar-refractivity contribution in [3.63, 3.8) is 0 Å². The predicted molar refractivity (Wildman–Crippen MR) is 49.7 cm³/mol. The van der Waals surface area contributed by atoms with Gasteiger partial charge < -0.3 is 0 Å². The molecule has 0 heterocycles. The molecule has 0 unspecified atom stereocenters. The molecule has 14 heavy (non-hydrogen) atoms. The molecule has 1 rings (SSSR count). The van der Waals surface area contributed by atoms with Crippen LogP contribution >= 0.6 is 0 Å². The summed E-state index contributed by atoms with van der Waals surface area (Å²) in [4.78, 5) is 0. The zero-order chi connectivity index (χ0) is 10.6. The average Bonchev–Trinajstić information content (AvgIpc) is 2.14. The first-order chi connectivity index (χ1) is 6.54. The second kappa shape index (κ2) is 4.49. The van der Waals surface area contributed by atoms with E-state index in [1.165, 1.54) is 12.1 Å². The number of hydrogen-bond donors (Lipinski definition) is 0. The van der Waals surface area contributed by atoms with E-state index < -0.39 is 11.7 Å². The van der Waals surface area contributed by atoms with E-state index in [9.17, 15) is 13.2 Å². The van der Waals surface area contributed by atoms with E-state index >= 15 is 0 Å². The van der Waals surface area contributed by atoms with Gasteiger partial charge >= 0.3 is 6.18 Å². The first-order valence-corrected chi connectivity index (χ1v) is 4.49. The summed E-state index contributed by atoms with van der Waals surface area (Å²) in [7, 11) is 0. The van der Waals surface area contributed by atoms with E-state index in [0.717, 1.165) is 24.5 Å². The molecule has 77 valence electrons. The minimum atomic E-state index is -4.24. The van der Waals surface area contributed by atoms with E-state index in [4.69, 9.17) is 0 Å². The summed E-state index contributed by atoms with van der Waals surface area (Å²) >= 11 is 0. The van der Waals surface area contributed by atoms with Gasteiger partial charge in [-0.2, -0.15) is 13.2 Å². The van der Waals surface area contributed by atoms with Crippen LogP contribution in [0.15, 0.2) is 24.3 Å². The van der Waals surface area contributed by atoms with Crippen LogP contribution in [0.1, 0.15) is 24.0 Å². The summed E-state index contributed by atoms with van der Waals surface area (Å²) in [6.07, 6.45) is -2.01. The second-order valence-corrected chi connectivity index (χ2v) is 3.16. The SMILES string of the molecule is [CH2]CCCc1cccc(C(F)(F)F)c1. The van der Waals surface area contributed by atoms with E-state index in [1.807, 2.05) is 0 Å². The molecule has 3 heteroatoms. The Hall–Kier alpha value is -0.990. The van der Waals surface area contributed by atoms with E-state index in [-0.39, 0.29) is 0 Å². The van der Waals surface area contributed by atoms with E-state index in [2.05, 4.69) is 6.92 Å². The number of unbranched alkanes of at least 4 members (excludes halogenated alkanes) is 1. The number of alkyl halides is 3. The predicted octanol–water partition coefficient (Wildman–Crippen LogP) is 3.86. The van der Waals surface area contributed by atoms with Gasteiger partial charge in [-0.1, -0.05) is 31.5 Å². The van der Waals surface area contributed by atoms with E-state index in [0.29, 0.717) is 6.42 Å². The van der Waals surface area contributed by atoms with Crippen molar-refractivity contribution in [1.82, 2.24) is 0 Å². The molecule has 0 bridgehead atoms. The van der Waals surface area contributed by atoms with E-state index in [1.54, 1.807) is 6.07 Å². The highest BCUT2D eigenvalue weighted by Gasteiger charge is 2.30. The highest BCUT2D eigenvalue weighted by atomic mass is 19.4. The molecule has 0 aliphatic rings. The van der Waals surface area contributed by atoms with Gasteiger partial charge in [-0.15, -0.1) is 0 Å². The van der Waals surface area contributed by atoms with Crippen LogP contribution in [0.25, 0.3) is 0 Å². The minimum absolute atomic E-state index is 0.570. The molecule has 0 N–H and O–H groups in total. The van der Waals surface area contributed by atoms with Gasteiger partial charge in [0.1, 0.15) is 0 Å². The van der Waals surface area contributed by atoms with Crippen molar-refractivity contribution in [3.05, 3.63) is 42.3 Å². The van der Waals surface area contributed by atoms with Gasteiger partial charge in [0.2, 0.25) is 0 Å². The van der Waals surface area contributed by atoms with Crippen LogP contribution in [-0.4, -0.2) is 0 Å². The molecule has 1 aromatic carbocycles. The zero-order valence-electron chi connectivity index (χ0n) is 7.77. The van der Waals surface area contributed by atoms with Crippen molar-refractivity contribution < 1.29 is 13.2 Å². The Bertz CT molecular complexity index is 289. The average molecular weight is 201 g/mol. The molecule has 0 amide bonds. The monoisotopic (exact) mass is 201 g/mol. The van der Waals surface area contributed by atoms with Gasteiger partial charge in [0, 0.05) is 0 Å². The fourth-order valence-corrected chi connectivity index (χ4v) is 1.23. The lowest BCUT2D eigenvalue weighted by molar-refractivity contribution is -0.137. The lowest BCUT2D eigenvalue weighted by atomic mass is 10.1. The van der Waals surface area contributed by atoms with Gasteiger partial charge in [0.05, 0.1) is 5.56 Å². The lowest BCUT2D eigenvalue weighted by Crippen LogP contribution is -2.05. The second-order valence-electron chi connectivity index (χ2n) is 3.16. The first kappa shape index (κ1) is 11.1. The van der Waals surface area contributed by atoms with Crippen molar-refractivity contribution in [2.75, 3.05) is 0 Å². The van der Waals surface area contributed by atoms with Crippen LogP contribution in [0.4, 0.5) is 13.2 Å². The molecule has 1 radical (unpaired) electrons. The summed E-state index contributed by atoms with van der Waals surface area (Å²) in [5, 5.41) is 0. The molecule has 0 aliphatic heterocycles. The maximum Gasteiger partial charge on any atom is 0.416 e. The maximum atomic E-state index is 12.3. The third kappa shape index (κ3) is 3.05. The number of rotatable bonds is 3. The molecule has 0 saturated heterocycles. The van der Waals surface area contributed by atoms with Gasteiger partial charge in [-0.05, 0) is 24.5 Å². The number of hydrogen-bond acceptors (Lipinski definition) is 0. The third-order valence-electron chi connectivity index (χ3n) is 1.97. The number of halogens is 3. The van der Waals surface area contributed by atoms with Crippen LogP contribution in [0.5, 0.6) is 0 Å². The summed E-state index contributed by atoms with van der Waals surface area (Å²) in [5.41, 5.74) is 0.155. The summed E-state index contributed by atoms with van der Waals surface area (Å²) in [5.74, 6) is 0. The first-order valence-electron chi connectivity index (χ1n) is 4.49. The summed E-state index contributed by atoms with van der Waals surface area (Å²) in [6.45, 7) is 3.65. The van der Waals surface area contributed by atoms with Crippen molar-refractivity contribution in [1.29, 1.82) is 0 Å². The molecule has 0 spiro atoms. The quantitative estimate of drug-likeness (QED) is 0.696. The Morgan fingerprint density at radius 2 is 1.93 bits per heavy atom. The molecule has 0 aliphatic carbocycles. The Labute approximate surface area is 81.8 Å². The zero-order valence-corrected chi connectivity index (χ0v) is 7.77. The normalized spacial score (nSPS) is 11.7. The van der Waals surface area contributed by atoms with Crippen LogP contribution in [0.2, 0.25) is 0 Å². The molecule has 1 aromatic rings. The van der Waals surface area contributed by atoms with Gasteiger partial charge in [-0.3, -0.25) is 0 Å². The standard InChI is InChI=1S/C11H12F3/c1-2-3-5-9-6-4-7-10(8-9)11(12,13)14/h4,6-8H,1-3,5H2. The topological polar surface area (TPSA) is 0 Å². The minimum Gasteiger partial charge on any atom is -0.166 e. The molecule has 0 atom stereocenters. The smallest absolute Gasteiger partial charge is 0.166 e. The molecular formula is C11H12F3. The van der Waals surface area contributed by atoms with Gasteiger partial charge in [0.25, 0.3) is 0 Å². The Balaban J connectivity index is 2.79. The van der Waals surface area contributed by atoms with Crippen LogP contribution in [0, 0.1) is 6.92 Å². The summed E-state index contributed by atoms with van der Waals surface area (Å²) in [6, 6.07) is 5.45. The Morgan fingerprint density at radius 1 is 1.21 bits per heavy atom. The van der Waals surface area contributed by atoms with Gasteiger partial charge in [0.15, 0.2) is 0 Å². The number of benzene rings is 1. The summed E-state index contributed by atoms with van der Waals surface area (Å²) < 4.78 is 36.8. The highest BCUT2D eigenvalue weighted by Crippen LogP contribution is 2.29. The van der Waals surface area contributed by atoms with Crippen molar-refractivity contribution in [3.8, 4) is 0 Å². The van der Waals surface area contributed by atoms with Crippen molar-refractivity contribution in [2.45, 2.75) is 25.4 Å². The highest BCUT2D eigenvalue weighted by molar-refractivity contribution is 5.25. The molecule has 0 fully saturated rings. The van der Waals surface area contributed by atoms with Crippen LogP contribution in [-0.2, 0) is 12.6 Å². The maximum absolute atomic E-state index is 12.3. The third-order valence-corrected chi connectivity index (χ3v) is 1.97. The molecule has 0 nitrogen and oxygen atoms in total. The fraction of sp³-hybridized carbons (Fsp3) is 0.364. The lowest BCUT2D eigenvalue weighted by Gasteiger charge is -2.08. The van der Waals surface area contributed by atoms with Gasteiger partial charge in [-0.25, -0.2) is 0 Å².